The third-order valence-electron chi connectivity index (χ3n) is 2.24. The molecule has 6 heteroatoms. The summed E-state index contributed by atoms with van der Waals surface area (Å²) in [6, 6.07) is 0. The van der Waals surface area contributed by atoms with E-state index in [4.69, 9.17) is 20.6 Å². The van der Waals surface area contributed by atoms with Crippen molar-refractivity contribution in [2.75, 3.05) is 19.7 Å². The first-order chi connectivity index (χ1) is 7.78. The van der Waals surface area contributed by atoms with Gasteiger partial charge in [0.15, 0.2) is 0 Å². The van der Waals surface area contributed by atoms with E-state index in [9.17, 15) is 4.79 Å². The van der Waals surface area contributed by atoms with Crippen molar-refractivity contribution in [2.24, 2.45) is 5.73 Å². The number of carbonyl (C=O) groups excluding carboxylic acids is 1. The minimum absolute atomic E-state index is 0.0704. The molecule has 1 saturated heterocycles. The van der Waals surface area contributed by atoms with E-state index in [0.717, 1.165) is 0 Å². The van der Waals surface area contributed by atoms with Crippen molar-refractivity contribution in [3.05, 3.63) is 0 Å². The molecule has 1 atom stereocenters. The van der Waals surface area contributed by atoms with Crippen molar-refractivity contribution in [1.29, 1.82) is 5.41 Å². The van der Waals surface area contributed by atoms with Crippen LogP contribution >= 0.6 is 0 Å². The van der Waals surface area contributed by atoms with Gasteiger partial charge in [-0.15, -0.1) is 0 Å². The Morgan fingerprint density at radius 2 is 2.24 bits per heavy atom. The fourth-order valence-electron chi connectivity index (χ4n) is 1.58. The zero-order chi connectivity index (χ0) is 13.1. The van der Waals surface area contributed by atoms with Crippen LogP contribution < -0.4 is 5.73 Å². The molecule has 0 bridgehead atoms. The highest BCUT2D eigenvalue weighted by Gasteiger charge is 2.28. The Kier molecular flexibility index (Phi) is 4.34. The molecule has 1 aliphatic rings. The monoisotopic (exact) mass is 243 g/mol. The van der Waals surface area contributed by atoms with Gasteiger partial charge in [0.1, 0.15) is 5.60 Å². The summed E-state index contributed by atoms with van der Waals surface area (Å²) in [5.74, 6) is 0.0704. The minimum atomic E-state index is -0.495. The summed E-state index contributed by atoms with van der Waals surface area (Å²) in [5, 5.41) is 7.21. The van der Waals surface area contributed by atoms with Crippen LogP contribution in [0, 0.1) is 5.41 Å². The second kappa shape index (κ2) is 5.35. The molecule has 6 nitrogen and oxygen atoms in total. The SMILES string of the molecule is CC(C)(C)OC(=O)N1CCOC(CC(=N)N)C1. The standard InChI is InChI=1S/C11H21N3O3/c1-11(2,3)17-10(15)14-4-5-16-8(7-14)6-9(12)13/h8H,4-7H2,1-3H3,(H3,12,13). The van der Waals surface area contributed by atoms with E-state index in [-0.39, 0.29) is 18.0 Å². The van der Waals surface area contributed by atoms with Crippen LogP contribution in [0.5, 0.6) is 0 Å². The average molecular weight is 243 g/mol. The number of nitrogens with one attached hydrogen (secondary N) is 1. The molecule has 98 valence electrons. The number of nitrogens with zero attached hydrogens (tertiary/aromatic N) is 1. The molecule has 1 aliphatic heterocycles. The molecule has 0 saturated carbocycles. The smallest absolute Gasteiger partial charge is 0.410 e. The molecule has 0 radical (unpaired) electrons. The number of ether oxygens (including phenoxy) is 2. The van der Waals surface area contributed by atoms with E-state index in [1.807, 2.05) is 20.8 Å². The van der Waals surface area contributed by atoms with Gasteiger partial charge in [-0.2, -0.15) is 0 Å². The average Bonchev–Trinajstić information content (AvgIpc) is 2.14. The number of hydrogen-bond acceptors (Lipinski definition) is 4. The first-order valence-electron chi connectivity index (χ1n) is 5.70. The molecular weight excluding hydrogens is 222 g/mol. The maximum Gasteiger partial charge on any atom is 0.410 e. The van der Waals surface area contributed by atoms with Crippen LogP contribution in [0.25, 0.3) is 0 Å². The lowest BCUT2D eigenvalue weighted by atomic mass is 10.2. The van der Waals surface area contributed by atoms with Gasteiger partial charge in [0.05, 0.1) is 25.1 Å². The van der Waals surface area contributed by atoms with Gasteiger partial charge in [0.2, 0.25) is 0 Å². The molecule has 1 unspecified atom stereocenters. The number of morpholine rings is 1. The fraction of sp³-hybridized carbons (Fsp3) is 0.818. The molecule has 0 aromatic heterocycles. The summed E-state index contributed by atoms with van der Waals surface area (Å²) in [7, 11) is 0. The third-order valence-corrected chi connectivity index (χ3v) is 2.24. The maximum atomic E-state index is 11.8. The van der Waals surface area contributed by atoms with Crippen LogP contribution in [-0.2, 0) is 9.47 Å². The zero-order valence-electron chi connectivity index (χ0n) is 10.7. The van der Waals surface area contributed by atoms with E-state index in [0.29, 0.717) is 26.1 Å². The maximum absolute atomic E-state index is 11.8. The number of hydrogen-bond donors (Lipinski definition) is 2. The largest absolute Gasteiger partial charge is 0.444 e. The van der Waals surface area contributed by atoms with Crippen molar-refractivity contribution >= 4 is 11.9 Å². The van der Waals surface area contributed by atoms with Gasteiger partial charge in [-0.25, -0.2) is 4.79 Å². The van der Waals surface area contributed by atoms with Crippen molar-refractivity contribution in [1.82, 2.24) is 4.90 Å². The number of nitrogens with two attached hydrogens (primary N) is 1. The Hall–Kier alpha value is -1.30. The summed E-state index contributed by atoms with van der Waals surface area (Å²) >= 11 is 0. The summed E-state index contributed by atoms with van der Waals surface area (Å²) < 4.78 is 10.7. The second-order valence-electron chi connectivity index (χ2n) is 5.15. The van der Waals surface area contributed by atoms with Gasteiger partial charge >= 0.3 is 6.09 Å². The van der Waals surface area contributed by atoms with Crippen LogP contribution in [0.2, 0.25) is 0 Å². The number of amidine groups is 1. The van der Waals surface area contributed by atoms with Crippen LogP contribution in [0.4, 0.5) is 4.79 Å². The second-order valence-corrected chi connectivity index (χ2v) is 5.15. The van der Waals surface area contributed by atoms with Gasteiger partial charge in [0, 0.05) is 13.0 Å². The molecule has 0 spiro atoms. The van der Waals surface area contributed by atoms with Gasteiger partial charge < -0.3 is 20.1 Å². The van der Waals surface area contributed by atoms with Gasteiger partial charge in [-0.3, -0.25) is 5.41 Å². The quantitative estimate of drug-likeness (QED) is 0.558. The highest BCUT2D eigenvalue weighted by molar-refractivity contribution is 5.77. The molecule has 1 rings (SSSR count). The fourth-order valence-corrected chi connectivity index (χ4v) is 1.58. The Bertz CT molecular complexity index is 299. The summed E-state index contributed by atoms with van der Waals surface area (Å²) in [6.07, 6.45) is -0.192. The van der Waals surface area contributed by atoms with E-state index < -0.39 is 5.60 Å². The number of amides is 1. The lowest BCUT2D eigenvalue weighted by Crippen LogP contribution is -2.48. The molecule has 1 heterocycles. The van der Waals surface area contributed by atoms with Crippen molar-refractivity contribution in [2.45, 2.75) is 38.9 Å². The van der Waals surface area contributed by atoms with Gasteiger partial charge in [0.25, 0.3) is 0 Å². The van der Waals surface area contributed by atoms with E-state index in [1.165, 1.54) is 0 Å². The Morgan fingerprint density at radius 3 is 2.76 bits per heavy atom. The highest BCUT2D eigenvalue weighted by Crippen LogP contribution is 2.14. The topological polar surface area (TPSA) is 88.6 Å². The molecule has 17 heavy (non-hydrogen) atoms. The van der Waals surface area contributed by atoms with Crippen LogP contribution in [0.15, 0.2) is 0 Å². The van der Waals surface area contributed by atoms with Crippen molar-refractivity contribution in [3.8, 4) is 0 Å². The molecular formula is C11H21N3O3. The first-order valence-corrected chi connectivity index (χ1v) is 5.70. The molecule has 3 N–H and O–H groups in total. The molecule has 1 fully saturated rings. The van der Waals surface area contributed by atoms with Crippen LogP contribution in [0.1, 0.15) is 27.2 Å². The van der Waals surface area contributed by atoms with Crippen molar-refractivity contribution in [3.63, 3.8) is 0 Å². The molecule has 0 aromatic carbocycles. The molecule has 0 aromatic rings. The van der Waals surface area contributed by atoms with E-state index >= 15 is 0 Å². The van der Waals surface area contributed by atoms with Crippen LogP contribution in [0.3, 0.4) is 0 Å². The highest BCUT2D eigenvalue weighted by atomic mass is 16.6. The summed E-state index contributed by atoms with van der Waals surface area (Å²) in [4.78, 5) is 13.4. The molecule has 0 aliphatic carbocycles. The molecule has 1 amide bonds. The van der Waals surface area contributed by atoms with E-state index in [2.05, 4.69) is 0 Å². The Labute approximate surface area is 102 Å². The lowest BCUT2D eigenvalue weighted by molar-refractivity contribution is -0.0393. The number of rotatable bonds is 2. The lowest BCUT2D eigenvalue weighted by Gasteiger charge is -2.34. The van der Waals surface area contributed by atoms with Gasteiger partial charge in [-0.05, 0) is 20.8 Å². The first kappa shape index (κ1) is 13.8. The normalized spacial score (nSPS) is 21.1. The van der Waals surface area contributed by atoms with Crippen LogP contribution in [-0.4, -0.2) is 48.2 Å². The zero-order valence-corrected chi connectivity index (χ0v) is 10.7. The number of carbonyl (C=O) groups is 1. The predicted octanol–water partition coefficient (Wildman–Crippen LogP) is 0.948. The van der Waals surface area contributed by atoms with Crippen molar-refractivity contribution < 1.29 is 14.3 Å². The Morgan fingerprint density at radius 1 is 1.59 bits per heavy atom. The minimum Gasteiger partial charge on any atom is -0.444 e. The third kappa shape index (κ3) is 5.04. The summed E-state index contributed by atoms with van der Waals surface area (Å²) in [5.41, 5.74) is 4.82. The Balaban J connectivity index is 2.49. The predicted molar refractivity (Wildman–Crippen MR) is 64.1 cm³/mol. The van der Waals surface area contributed by atoms with Gasteiger partial charge in [-0.1, -0.05) is 0 Å². The van der Waals surface area contributed by atoms with E-state index in [1.54, 1.807) is 4.90 Å². The summed E-state index contributed by atoms with van der Waals surface area (Å²) in [6.45, 7) is 6.89.